The van der Waals surface area contributed by atoms with Crippen LogP contribution in [-0.2, 0) is 9.53 Å². The number of methoxy groups -OCH3 is 1. The first kappa shape index (κ1) is 28.1. The fourth-order valence-corrected chi connectivity index (χ4v) is 6.17. The van der Waals surface area contributed by atoms with E-state index in [-0.39, 0.29) is 12.2 Å². The second-order valence-electron chi connectivity index (χ2n) is 9.01. The molecule has 2 aromatic carbocycles. The van der Waals surface area contributed by atoms with Gasteiger partial charge in [-0.15, -0.1) is 0 Å². The van der Waals surface area contributed by atoms with Crippen molar-refractivity contribution in [2.24, 2.45) is 4.99 Å². The van der Waals surface area contributed by atoms with Crippen LogP contribution in [0.4, 0.5) is 0 Å². The lowest BCUT2D eigenvalue weighted by molar-refractivity contribution is -0.139. The molecule has 0 bridgehead atoms. The van der Waals surface area contributed by atoms with Crippen LogP contribution < -0.4 is 19.6 Å². The molecule has 0 saturated carbocycles. The molecule has 1 aliphatic rings. The van der Waals surface area contributed by atoms with Gasteiger partial charge in [0.05, 0.1) is 29.5 Å². The molecule has 206 valence electrons. The minimum atomic E-state index is -0.785. The van der Waals surface area contributed by atoms with Crippen molar-refractivity contribution in [3.8, 4) is 17.1 Å². The van der Waals surface area contributed by atoms with Gasteiger partial charge in [0.2, 0.25) is 0 Å². The Balaban J connectivity index is 1.71. The van der Waals surface area contributed by atoms with E-state index in [1.807, 2.05) is 43.3 Å². The second kappa shape index (κ2) is 12.0. The van der Waals surface area contributed by atoms with Gasteiger partial charge in [0, 0.05) is 26.7 Å². The average molecular weight is 642 g/mol. The number of hydrogen-bond acceptors (Lipinski definition) is 7. The Morgan fingerprint density at radius 3 is 2.65 bits per heavy atom. The van der Waals surface area contributed by atoms with Crippen molar-refractivity contribution in [2.75, 3.05) is 13.7 Å². The summed E-state index contributed by atoms with van der Waals surface area (Å²) in [5.74, 6) is 1.21. The highest BCUT2D eigenvalue weighted by atomic mass is 79.9. The van der Waals surface area contributed by atoms with E-state index in [1.165, 1.54) is 11.3 Å². The van der Waals surface area contributed by atoms with Crippen LogP contribution in [-0.4, -0.2) is 24.3 Å². The molecule has 0 spiro atoms. The molecule has 2 aromatic heterocycles. The Morgan fingerprint density at radius 1 is 1.18 bits per heavy atom. The molecule has 10 heteroatoms. The summed E-state index contributed by atoms with van der Waals surface area (Å²) in [5, 5.41) is 0.637. The maximum atomic E-state index is 14.0. The van der Waals surface area contributed by atoms with Crippen molar-refractivity contribution in [1.82, 2.24) is 4.57 Å². The van der Waals surface area contributed by atoms with Gasteiger partial charge in [-0.05, 0) is 67.9 Å². The van der Waals surface area contributed by atoms with Crippen LogP contribution in [0.25, 0.3) is 17.4 Å². The third-order valence-corrected chi connectivity index (χ3v) is 8.14. The van der Waals surface area contributed by atoms with Gasteiger partial charge in [-0.1, -0.05) is 52.2 Å². The predicted octanol–water partition coefficient (Wildman–Crippen LogP) is 6.26. The summed E-state index contributed by atoms with van der Waals surface area (Å²) in [4.78, 5) is 32.7. The SMILES string of the molecule is CCCC1=C(C(=O)OCC)[C@@H](c2cc(Br)ccc2OC)n2c(s/c(=C/c3ccc(-c4ccc(Cl)cc4)o3)c2=O)=N1. The zero-order chi connectivity index (χ0) is 28.4. The minimum Gasteiger partial charge on any atom is -0.496 e. The number of halogens is 2. The molecule has 0 fully saturated rings. The van der Waals surface area contributed by atoms with Gasteiger partial charge >= 0.3 is 5.97 Å². The maximum Gasteiger partial charge on any atom is 0.338 e. The van der Waals surface area contributed by atoms with Crippen LogP contribution in [0.3, 0.4) is 0 Å². The van der Waals surface area contributed by atoms with Crippen molar-refractivity contribution >= 4 is 50.9 Å². The van der Waals surface area contributed by atoms with Gasteiger partial charge in [0.15, 0.2) is 4.80 Å². The number of ether oxygens (including phenoxy) is 2. The van der Waals surface area contributed by atoms with Crippen LogP contribution in [0, 0.1) is 0 Å². The zero-order valence-electron chi connectivity index (χ0n) is 22.1. The average Bonchev–Trinajstić information content (AvgIpc) is 3.53. The standard InChI is InChI=1S/C30H26BrClN2O5S/c1-4-6-22-26(29(36)38-5-2)27(21-15-18(31)9-13-24(21)37-3)34-28(35)25(40-30(34)33-22)16-20-12-14-23(39-20)17-7-10-19(32)11-8-17/h7-16,27H,4-6H2,1-3H3/b25-16+/t27-/m1/s1. The van der Waals surface area contributed by atoms with Gasteiger partial charge in [0.1, 0.15) is 23.3 Å². The first-order chi connectivity index (χ1) is 19.3. The lowest BCUT2D eigenvalue weighted by Gasteiger charge is -2.27. The number of rotatable bonds is 8. The van der Waals surface area contributed by atoms with E-state index in [0.29, 0.717) is 54.9 Å². The van der Waals surface area contributed by atoms with Crippen molar-refractivity contribution in [2.45, 2.75) is 32.7 Å². The van der Waals surface area contributed by atoms with Crippen molar-refractivity contribution in [1.29, 1.82) is 0 Å². The predicted molar refractivity (Wildman–Crippen MR) is 159 cm³/mol. The summed E-state index contributed by atoms with van der Waals surface area (Å²) in [6.45, 7) is 3.97. The largest absolute Gasteiger partial charge is 0.496 e. The van der Waals surface area contributed by atoms with Gasteiger partial charge in [-0.2, -0.15) is 0 Å². The number of carbonyl (C=O) groups excluding carboxylic acids is 1. The Hall–Kier alpha value is -3.40. The highest BCUT2D eigenvalue weighted by molar-refractivity contribution is 9.10. The number of benzene rings is 2. The summed E-state index contributed by atoms with van der Waals surface area (Å²) >= 11 is 10.8. The molecule has 0 radical (unpaired) electrons. The Morgan fingerprint density at radius 2 is 1.95 bits per heavy atom. The lowest BCUT2D eigenvalue weighted by Crippen LogP contribution is -2.40. The fraction of sp³-hybridized carbons (Fsp3) is 0.233. The third-order valence-electron chi connectivity index (χ3n) is 6.41. The smallest absolute Gasteiger partial charge is 0.338 e. The highest BCUT2D eigenvalue weighted by Gasteiger charge is 2.36. The lowest BCUT2D eigenvalue weighted by atomic mass is 9.93. The zero-order valence-corrected chi connectivity index (χ0v) is 25.2. The molecule has 3 heterocycles. The molecule has 4 aromatic rings. The molecule has 40 heavy (non-hydrogen) atoms. The fourth-order valence-electron chi connectivity index (χ4n) is 4.66. The molecule has 0 unspecified atom stereocenters. The number of hydrogen-bond donors (Lipinski definition) is 0. The molecule has 0 aliphatic carbocycles. The van der Waals surface area contributed by atoms with E-state index in [2.05, 4.69) is 15.9 Å². The maximum absolute atomic E-state index is 14.0. The van der Waals surface area contributed by atoms with E-state index in [1.54, 1.807) is 42.9 Å². The van der Waals surface area contributed by atoms with Crippen molar-refractivity contribution < 1.29 is 18.7 Å². The van der Waals surface area contributed by atoms with E-state index >= 15 is 0 Å². The summed E-state index contributed by atoms with van der Waals surface area (Å²) in [7, 11) is 1.56. The van der Waals surface area contributed by atoms with Gasteiger partial charge in [0.25, 0.3) is 5.56 Å². The Bertz CT molecular complexity index is 1790. The number of esters is 1. The van der Waals surface area contributed by atoms with Gasteiger partial charge in [-0.25, -0.2) is 9.79 Å². The number of fused-ring (bicyclic) bond motifs is 1. The molecule has 0 N–H and O–H groups in total. The molecular formula is C30H26BrClN2O5S. The number of thiazole rings is 1. The molecule has 7 nitrogen and oxygen atoms in total. The first-order valence-corrected chi connectivity index (χ1v) is 14.7. The summed E-state index contributed by atoms with van der Waals surface area (Å²) in [6, 6.07) is 15.7. The van der Waals surface area contributed by atoms with E-state index in [0.717, 1.165) is 16.5 Å². The number of nitrogens with zero attached hydrogens (tertiary/aromatic N) is 2. The third kappa shape index (κ3) is 5.46. The van der Waals surface area contributed by atoms with Crippen LogP contribution >= 0.6 is 38.9 Å². The Labute approximate surface area is 248 Å². The quantitative estimate of drug-likeness (QED) is 0.212. The second-order valence-corrected chi connectivity index (χ2v) is 11.4. The molecule has 5 rings (SSSR count). The number of carbonyl (C=O) groups is 1. The van der Waals surface area contributed by atoms with Gasteiger partial charge < -0.3 is 13.9 Å². The number of aromatic nitrogens is 1. The summed E-state index contributed by atoms with van der Waals surface area (Å²) in [6.07, 6.45) is 3.01. The van der Waals surface area contributed by atoms with Crippen LogP contribution in [0.15, 0.2) is 84.5 Å². The molecule has 0 saturated heterocycles. The minimum absolute atomic E-state index is 0.197. The summed E-state index contributed by atoms with van der Waals surface area (Å²) < 4.78 is 19.9. The van der Waals surface area contributed by atoms with E-state index in [4.69, 9.17) is 30.5 Å². The molecule has 1 atom stereocenters. The molecular weight excluding hydrogens is 616 g/mol. The van der Waals surface area contributed by atoms with Crippen LogP contribution in [0.5, 0.6) is 5.75 Å². The number of furan rings is 1. The summed E-state index contributed by atoms with van der Waals surface area (Å²) in [5.41, 5.74) is 2.16. The monoisotopic (exact) mass is 640 g/mol. The van der Waals surface area contributed by atoms with Crippen molar-refractivity contribution in [3.63, 3.8) is 0 Å². The normalized spacial score (nSPS) is 15.1. The highest BCUT2D eigenvalue weighted by Crippen LogP contribution is 2.38. The topological polar surface area (TPSA) is 83.0 Å². The van der Waals surface area contributed by atoms with Gasteiger partial charge in [-0.3, -0.25) is 9.36 Å². The van der Waals surface area contributed by atoms with Crippen LogP contribution in [0.2, 0.25) is 5.02 Å². The van der Waals surface area contributed by atoms with Crippen molar-refractivity contribution in [3.05, 3.63) is 106 Å². The molecule has 0 amide bonds. The first-order valence-electron chi connectivity index (χ1n) is 12.8. The molecule has 1 aliphatic heterocycles. The number of allylic oxidation sites excluding steroid dienone is 1. The van der Waals surface area contributed by atoms with E-state index < -0.39 is 12.0 Å². The Kier molecular flexibility index (Phi) is 8.44. The van der Waals surface area contributed by atoms with Crippen LogP contribution in [0.1, 0.15) is 44.1 Å². The van der Waals surface area contributed by atoms with E-state index in [9.17, 15) is 9.59 Å².